The first-order chi connectivity index (χ1) is 13.6. The molecule has 1 aliphatic carbocycles. The average molecular weight is 456 g/mol. The van der Waals surface area contributed by atoms with Crippen LogP contribution in [0.2, 0.25) is 13.1 Å². The van der Waals surface area contributed by atoms with Crippen molar-refractivity contribution in [3.63, 3.8) is 0 Å². The van der Waals surface area contributed by atoms with Crippen molar-refractivity contribution in [2.24, 2.45) is 0 Å². The monoisotopic (exact) mass is 455 g/mol. The van der Waals surface area contributed by atoms with Crippen LogP contribution < -0.4 is 3.87 Å². The molecule has 162 valence electrons. The van der Waals surface area contributed by atoms with E-state index >= 15 is 0 Å². The van der Waals surface area contributed by atoms with E-state index in [1.54, 1.807) is 9.43 Å². The zero-order valence-corrected chi connectivity index (χ0v) is 23.8. The predicted octanol–water partition coefficient (Wildman–Crippen LogP) is 6.56. The Morgan fingerprint density at radius 1 is 0.767 bits per heavy atom. The van der Waals surface area contributed by atoms with Crippen LogP contribution in [0.5, 0.6) is 0 Å². The van der Waals surface area contributed by atoms with Crippen LogP contribution >= 0.6 is 0 Å². The molecule has 0 atom stereocenters. The molecule has 3 rings (SSSR count). The summed E-state index contributed by atoms with van der Waals surface area (Å²) in [6, 6.07) is 12.3. The van der Waals surface area contributed by atoms with E-state index in [-0.39, 0.29) is 35.8 Å². The van der Waals surface area contributed by atoms with Gasteiger partial charge in [-0.05, 0) is 0 Å². The molecule has 2 aromatic carbocycles. The van der Waals surface area contributed by atoms with Crippen LogP contribution in [0.4, 0.5) is 0 Å². The van der Waals surface area contributed by atoms with E-state index in [0.717, 1.165) is 6.42 Å². The molecule has 0 radical (unpaired) electrons. The molecule has 0 heterocycles. The molecule has 1 aliphatic rings. The van der Waals surface area contributed by atoms with Gasteiger partial charge in [-0.15, -0.1) is 0 Å². The molecular weight excluding hydrogens is 414 g/mol. The maximum absolute atomic E-state index is 2.90. The van der Waals surface area contributed by atoms with Gasteiger partial charge in [-0.3, -0.25) is 0 Å². The third-order valence-corrected chi connectivity index (χ3v) is 13.5. The Balaban J connectivity index is 2.19. The second-order valence-electron chi connectivity index (χ2n) is 12.3. The Hall–Kier alpha value is -0.669. The Kier molecular flexibility index (Phi) is 6.42. The summed E-state index contributed by atoms with van der Waals surface area (Å²) in [5.41, 5.74) is 9.68. The van der Waals surface area contributed by atoms with E-state index in [1.165, 1.54) is 27.8 Å². The summed E-state index contributed by atoms with van der Waals surface area (Å²) in [4.78, 5) is 0. The number of nitrogens with zero attached hydrogens (tertiary/aromatic N) is 1. The van der Waals surface area contributed by atoms with Crippen LogP contribution in [-0.2, 0) is 36.7 Å². The first kappa shape index (κ1) is 24.0. The van der Waals surface area contributed by atoms with Gasteiger partial charge in [0.05, 0.1) is 0 Å². The molecule has 0 aliphatic heterocycles. The Morgan fingerprint density at radius 3 is 1.83 bits per heavy atom. The van der Waals surface area contributed by atoms with Crippen LogP contribution in [0.3, 0.4) is 0 Å². The summed E-state index contributed by atoms with van der Waals surface area (Å²) in [6.45, 7) is 26.2. The van der Waals surface area contributed by atoms with Gasteiger partial charge in [0.25, 0.3) is 0 Å². The topological polar surface area (TPSA) is 3.24 Å². The number of benzene rings is 2. The fourth-order valence-corrected chi connectivity index (χ4v) is 9.90. The molecule has 0 spiro atoms. The fourth-order valence-electron chi connectivity index (χ4n) is 4.47. The van der Waals surface area contributed by atoms with Crippen LogP contribution in [0.1, 0.15) is 84.6 Å². The second kappa shape index (κ2) is 8.03. The molecular formula is C27H41NSiTi. The average Bonchev–Trinajstić information content (AvgIpc) is 2.94. The summed E-state index contributed by atoms with van der Waals surface area (Å²) in [6.07, 6.45) is 1.11. The van der Waals surface area contributed by atoms with E-state index in [4.69, 9.17) is 0 Å². The molecule has 0 N–H and O–H groups in total. The number of fused-ring (bicyclic) bond motifs is 3. The third-order valence-electron chi connectivity index (χ3n) is 6.23. The molecule has 0 amide bonds. The molecule has 0 saturated heterocycles. The van der Waals surface area contributed by atoms with Crippen LogP contribution in [-0.4, -0.2) is 17.5 Å². The van der Waals surface area contributed by atoms with E-state index < -0.39 is 8.96 Å². The summed E-state index contributed by atoms with van der Waals surface area (Å²) < 4.78 is 4.57. The van der Waals surface area contributed by atoms with Crippen molar-refractivity contribution in [1.29, 1.82) is 0 Å². The van der Waals surface area contributed by atoms with Crippen LogP contribution in [0, 0.1) is 0 Å². The van der Waals surface area contributed by atoms with E-state index in [9.17, 15) is 0 Å². The van der Waals surface area contributed by atoms with E-state index in [1.807, 2.05) is 0 Å². The molecule has 0 bridgehead atoms. The molecule has 30 heavy (non-hydrogen) atoms. The van der Waals surface area contributed by atoms with Gasteiger partial charge in [-0.1, -0.05) is 0 Å². The number of rotatable bonds is 3. The maximum atomic E-state index is 2.90. The standard InChI is InChI=1S/C21H25.C6H16NSi.Ti/c1-20(2,3)16-9-7-14-11-15-8-10-17(21(4,5)6)13-19(15)18(14)12-16;1-6(2,3)7-8(4)5;/h7,9-10,12-13H,11H2,1-6H3;8H,1-5H3;/q;-1;+1. The van der Waals surface area contributed by atoms with Gasteiger partial charge < -0.3 is 0 Å². The molecule has 0 aromatic heterocycles. The van der Waals surface area contributed by atoms with Crippen molar-refractivity contribution in [2.45, 2.75) is 98.2 Å². The first-order valence-corrected chi connectivity index (χ1v) is 15.8. The summed E-state index contributed by atoms with van der Waals surface area (Å²) in [5, 5.41) is 0. The molecule has 0 saturated carbocycles. The SMILES string of the molecule is C[SiH](C)[N]([Ti][c]1cc(C(C)(C)C)cc2c1Cc1ccc(C(C)(C)C)cc1-2)C(C)(C)C. The third kappa shape index (κ3) is 4.88. The van der Waals surface area contributed by atoms with Gasteiger partial charge >= 0.3 is 197 Å². The molecule has 1 nitrogen and oxygen atoms in total. The number of hydrogen-bond acceptors (Lipinski definition) is 1. The van der Waals surface area contributed by atoms with Crippen LogP contribution in [0.15, 0.2) is 30.3 Å². The second-order valence-corrected chi connectivity index (χ2v) is 17.8. The minimum absolute atomic E-state index is 0.169. The Labute approximate surface area is 196 Å². The summed E-state index contributed by atoms with van der Waals surface area (Å²) in [5.74, 6) is 0. The van der Waals surface area contributed by atoms with E-state index in [0.29, 0.717) is 0 Å². The molecule has 0 unspecified atom stereocenters. The van der Waals surface area contributed by atoms with Crippen molar-refractivity contribution < 1.29 is 19.4 Å². The molecule has 2 aromatic rings. The normalized spacial score (nSPS) is 14.3. The zero-order chi connectivity index (χ0) is 22.6. The quantitative estimate of drug-likeness (QED) is 0.404. The molecule has 0 fully saturated rings. The Bertz CT molecular complexity index is 939. The van der Waals surface area contributed by atoms with Gasteiger partial charge in [0, 0.05) is 0 Å². The first-order valence-electron chi connectivity index (χ1n) is 11.5. The van der Waals surface area contributed by atoms with Crippen LogP contribution in [0.25, 0.3) is 11.1 Å². The summed E-state index contributed by atoms with van der Waals surface area (Å²) in [7, 11) is -0.882. The van der Waals surface area contributed by atoms with Gasteiger partial charge in [0.2, 0.25) is 0 Å². The van der Waals surface area contributed by atoms with E-state index in [2.05, 4.69) is 109 Å². The summed E-state index contributed by atoms with van der Waals surface area (Å²) >= 11 is -0.349. The predicted molar refractivity (Wildman–Crippen MR) is 132 cm³/mol. The molecule has 3 heteroatoms. The van der Waals surface area contributed by atoms with Gasteiger partial charge in [0.1, 0.15) is 0 Å². The van der Waals surface area contributed by atoms with Crippen molar-refractivity contribution in [1.82, 2.24) is 3.05 Å². The van der Waals surface area contributed by atoms with Gasteiger partial charge in [-0.25, -0.2) is 0 Å². The van der Waals surface area contributed by atoms with Crippen molar-refractivity contribution in [2.75, 3.05) is 0 Å². The van der Waals surface area contributed by atoms with Crippen molar-refractivity contribution in [3.05, 3.63) is 52.6 Å². The van der Waals surface area contributed by atoms with Crippen molar-refractivity contribution >= 4 is 12.8 Å². The van der Waals surface area contributed by atoms with Gasteiger partial charge in [-0.2, -0.15) is 0 Å². The minimum atomic E-state index is -0.882. The van der Waals surface area contributed by atoms with Crippen molar-refractivity contribution in [3.8, 4) is 11.1 Å². The van der Waals surface area contributed by atoms with Gasteiger partial charge in [0.15, 0.2) is 0 Å². The Morgan fingerprint density at radius 2 is 1.33 bits per heavy atom. The zero-order valence-electron chi connectivity index (χ0n) is 21.1. The fraction of sp³-hybridized carbons (Fsp3) is 0.556. The number of hydrogen-bond donors (Lipinski definition) is 0.